The van der Waals surface area contributed by atoms with Gasteiger partial charge in [-0.1, -0.05) is 66.7 Å². The molecule has 1 nitrogen and oxygen atoms in total. The maximum Gasteiger partial charge on any atom is 0.167 e. The standard InChI is InChI=1S/C19H18O/c1-2-3-11-17-18(14-9-5-4-6-10-14)15-12-7-8-13-16(15)19(17)20/h2-10,12-13,17-18H,11H2,1H3. The molecular formula is C19H18O. The second-order valence-corrected chi connectivity index (χ2v) is 5.25. The van der Waals surface area contributed by atoms with Crippen LogP contribution < -0.4 is 0 Å². The number of rotatable bonds is 3. The number of Topliss-reactive ketones (excluding diaryl/α,β-unsaturated/α-hetero) is 1. The zero-order valence-electron chi connectivity index (χ0n) is 11.6. The Kier molecular flexibility index (Phi) is 3.51. The molecule has 1 aliphatic carbocycles. The lowest BCUT2D eigenvalue weighted by molar-refractivity contribution is 0.0930. The zero-order valence-corrected chi connectivity index (χ0v) is 11.6. The van der Waals surface area contributed by atoms with E-state index in [4.69, 9.17) is 0 Å². The van der Waals surface area contributed by atoms with Crippen LogP contribution in [0.3, 0.4) is 0 Å². The van der Waals surface area contributed by atoms with E-state index in [1.807, 2.05) is 49.4 Å². The molecule has 2 aromatic carbocycles. The van der Waals surface area contributed by atoms with Gasteiger partial charge in [0.1, 0.15) is 0 Å². The van der Waals surface area contributed by atoms with Crippen molar-refractivity contribution in [3.8, 4) is 0 Å². The van der Waals surface area contributed by atoms with Crippen molar-refractivity contribution < 1.29 is 4.79 Å². The highest BCUT2D eigenvalue weighted by Crippen LogP contribution is 2.43. The first-order valence-electron chi connectivity index (χ1n) is 7.12. The highest BCUT2D eigenvalue weighted by Gasteiger charge is 2.39. The molecule has 0 radical (unpaired) electrons. The second kappa shape index (κ2) is 5.46. The molecule has 100 valence electrons. The van der Waals surface area contributed by atoms with Crippen molar-refractivity contribution in [3.05, 3.63) is 83.4 Å². The molecule has 0 spiro atoms. The molecule has 0 saturated carbocycles. The van der Waals surface area contributed by atoms with Gasteiger partial charge in [-0.3, -0.25) is 4.79 Å². The number of benzene rings is 2. The van der Waals surface area contributed by atoms with E-state index in [0.29, 0.717) is 0 Å². The molecule has 0 aromatic heterocycles. The minimum atomic E-state index is 0.0333. The number of carbonyl (C=O) groups excluding carboxylic acids is 1. The highest BCUT2D eigenvalue weighted by atomic mass is 16.1. The Bertz CT molecular complexity index is 640. The Hall–Kier alpha value is -2.15. The molecule has 20 heavy (non-hydrogen) atoms. The predicted molar refractivity (Wildman–Crippen MR) is 82.0 cm³/mol. The molecule has 0 fully saturated rings. The van der Waals surface area contributed by atoms with Crippen molar-refractivity contribution >= 4 is 5.78 Å². The summed E-state index contributed by atoms with van der Waals surface area (Å²) in [5.74, 6) is 0.509. The molecule has 0 amide bonds. The minimum absolute atomic E-state index is 0.0333. The van der Waals surface area contributed by atoms with E-state index in [-0.39, 0.29) is 17.6 Å². The fourth-order valence-electron chi connectivity index (χ4n) is 3.16. The minimum Gasteiger partial charge on any atom is -0.294 e. The molecular weight excluding hydrogens is 244 g/mol. The number of carbonyl (C=O) groups is 1. The summed E-state index contributed by atoms with van der Waals surface area (Å²) in [7, 11) is 0. The van der Waals surface area contributed by atoms with Crippen LogP contribution in [0.4, 0.5) is 0 Å². The van der Waals surface area contributed by atoms with Gasteiger partial charge >= 0.3 is 0 Å². The van der Waals surface area contributed by atoms with Gasteiger partial charge in [0.2, 0.25) is 0 Å². The van der Waals surface area contributed by atoms with E-state index in [9.17, 15) is 4.79 Å². The van der Waals surface area contributed by atoms with Gasteiger partial charge in [0.15, 0.2) is 5.78 Å². The van der Waals surface area contributed by atoms with E-state index >= 15 is 0 Å². The molecule has 1 aliphatic rings. The van der Waals surface area contributed by atoms with Crippen molar-refractivity contribution in [2.45, 2.75) is 19.3 Å². The van der Waals surface area contributed by atoms with E-state index in [2.05, 4.69) is 24.3 Å². The zero-order chi connectivity index (χ0) is 13.9. The number of hydrogen-bond acceptors (Lipinski definition) is 1. The monoisotopic (exact) mass is 262 g/mol. The van der Waals surface area contributed by atoms with Crippen LogP contribution in [-0.4, -0.2) is 5.78 Å². The molecule has 0 aliphatic heterocycles. The van der Waals surface area contributed by atoms with Gasteiger partial charge in [-0.25, -0.2) is 0 Å². The topological polar surface area (TPSA) is 17.1 Å². The third kappa shape index (κ3) is 2.09. The SMILES string of the molecule is CC=CCC1C(=O)c2ccccc2C1c1ccccc1. The van der Waals surface area contributed by atoms with Crippen LogP contribution in [-0.2, 0) is 0 Å². The van der Waals surface area contributed by atoms with Crippen LogP contribution in [0, 0.1) is 5.92 Å². The van der Waals surface area contributed by atoms with Crippen molar-refractivity contribution in [1.82, 2.24) is 0 Å². The van der Waals surface area contributed by atoms with Crippen molar-refractivity contribution in [1.29, 1.82) is 0 Å². The lowest BCUT2D eigenvalue weighted by atomic mass is 9.84. The van der Waals surface area contributed by atoms with Gasteiger partial charge in [-0.15, -0.1) is 0 Å². The Morgan fingerprint density at radius 2 is 1.70 bits per heavy atom. The van der Waals surface area contributed by atoms with Gasteiger partial charge in [-0.2, -0.15) is 0 Å². The van der Waals surface area contributed by atoms with Gasteiger partial charge < -0.3 is 0 Å². The van der Waals surface area contributed by atoms with E-state index in [1.165, 1.54) is 11.1 Å². The molecule has 3 rings (SSSR count). The van der Waals surface area contributed by atoms with Gasteiger partial charge in [-0.05, 0) is 24.5 Å². The lowest BCUT2D eigenvalue weighted by Gasteiger charge is -2.18. The van der Waals surface area contributed by atoms with Crippen molar-refractivity contribution in [3.63, 3.8) is 0 Å². The summed E-state index contributed by atoms with van der Waals surface area (Å²) in [6.07, 6.45) is 4.94. The first kappa shape index (κ1) is 12.9. The lowest BCUT2D eigenvalue weighted by Crippen LogP contribution is -2.14. The van der Waals surface area contributed by atoms with Crippen LogP contribution in [0.5, 0.6) is 0 Å². The van der Waals surface area contributed by atoms with Crippen LogP contribution in [0.1, 0.15) is 40.7 Å². The van der Waals surface area contributed by atoms with E-state index in [0.717, 1.165) is 12.0 Å². The summed E-state index contributed by atoms with van der Waals surface area (Å²) >= 11 is 0. The summed E-state index contributed by atoms with van der Waals surface area (Å²) in [5.41, 5.74) is 3.31. The molecule has 0 N–H and O–H groups in total. The second-order valence-electron chi connectivity index (χ2n) is 5.25. The average Bonchev–Trinajstić information content (AvgIpc) is 2.79. The third-order valence-corrected chi connectivity index (χ3v) is 4.08. The van der Waals surface area contributed by atoms with Gasteiger partial charge in [0.25, 0.3) is 0 Å². The number of ketones is 1. The maximum atomic E-state index is 12.7. The number of hydrogen-bond donors (Lipinski definition) is 0. The van der Waals surface area contributed by atoms with Gasteiger partial charge in [0, 0.05) is 17.4 Å². The Labute approximate surface area is 120 Å². The van der Waals surface area contributed by atoms with Crippen LogP contribution in [0.15, 0.2) is 66.7 Å². The van der Waals surface area contributed by atoms with Crippen LogP contribution in [0.2, 0.25) is 0 Å². The molecule has 0 saturated heterocycles. The Balaban J connectivity index is 2.09. The number of fused-ring (bicyclic) bond motifs is 1. The molecule has 2 aromatic rings. The summed E-state index contributed by atoms with van der Waals surface area (Å²) in [6, 6.07) is 18.4. The number of allylic oxidation sites excluding steroid dienone is 2. The average molecular weight is 262 g/mol. The first-order chi connectivity index (χ1) is 9.83. The normalized spacial score (nSPS) is 21.4. The fraction of sp³-hybridized carbons (Fsp3) is 0.211. The molecule has 0 heterocycles. The highest BCUT2D eigenvalue weighted by molar-refractivity contribution is 6.03. The smallest absolute Gasteiger partial charge is 0.167 e. The quantitative estimate of drug-likeness (QED) is 0.739. The van der Waals surface area contributed by atoms with E-state index < -0.39 is 0 Å². The molecule has 1 heteroatoms. The molecule has 2 unspecified atom stereocenters. The summed E-state index contributed by atoms with van der Waals surface area (Å²) in [4.78, 5) is 12.7. The summed E-state index contributed by atoms with van der Waals surface area (Å²) < 4.78 is 0. The van der Waals surface area contributed by atoms with Crippen LogP contribution in [0.25, 0.3) is 0 Å². The fourth-order valence-corrected chi connectivity index (χ4v) is 3.16. The molecule has 0 bridgehead atoms. The third-order valence-electron chi connectivity index (χ3n) is 4.08. The first-order valence-corrected chi connectivity index (χ1v) is 7.12. The van der Waals surface area contributed by atoms with E-state index in [1.54, 1.807) is 0 Å². The Morgan fingerprint density at radius 1 is 1.00 bits per heavy atom. The van der Waals surface area contributed by atoms with Crippen molar-refractivity contribution in [2.75, 3.05) is 0 Å². The maximum absolute atomic E-state index is 12.7. The predicted octanol–water partition coefficient (Wildman–Crippen LogP) is 4.60. The molecule has 2 atom stereocenters. The van der Waals surface area contributed by atoms with Crippen LogP contribution >= 0.6 is 0 Å². The summed E-state index contributed by atoms with van der Waals surface area (Å²) in [5, 5.41) is 0. The van der Waals surface area contributed by atoms with Crippen molar-refractivity contribution in [2.24, 2.45) is 5.92 Å². The van der Waals surface area contributed by atoms with Gasteiger partial charge in [0.05, 0.1) is 0 Å². The largest absolute Gasteiger partial charge is 0.294 e. The Morgan fingerprint density at radius 3 is 2.45 bits per heavy atom. The summed E-state index contributed by atoms with van der Waals surface area (Å²) in [6.45, 7) is 2.00.